The highest BCUT2D eigenvalue weighted by molar-refractivity contribution is 7.16. The minimum absolute atomic E-state index is 0.0459. The number of carboxylic acid groups (broad SMARTS) is 1. The maximum absolute atomic E-state index is 11.7. The Labute approximate surface area is 128 Å². The summed E-state index contributed by atoms with van der Waals surface area (Å²) < 4.78 is 0.664. The fraction of sp³-hybridized carbons (Fsp3) is 0.250. The molecule has 20 heavy (non-hydrogen) atoms. The van der Waals surface area contributed by atoms with Gasteiger partial charge in [0.1, 0.15) is 0 Å². The van der Waals surface area contributed by atoms with Crippen molar-refractivity contribution in [3.8, 4) is 0 Å². The van der Waals surface area contributed by atoms with Gasteiger partial charge in [-0.1, -0.05) is 11.6 Å². The lowest BCUT2D eigenvalue weighted by Gasteiger charge is -2.02. The number of thiophene rings is 1. The first kappa shape index (κ1) is 15.0. The summed E-state index contributed by atoms with van der Waals surface area (Å²) in [7, 11) is 0. The van der Waals surface area contributed by atoms with Crippen LogP contribution >= 0.6 is 34.3 Å². The number of amides is 1. The van der Waals surface area contributed by atoms with Crippen molar-refractivity contribution in [2.45, 2.75) is 12.8 Å². The number of carbonyl (C=O) groups excluding carboxylic acids is 1. The van der Waals surface area contributed by atoms with Crippen LogP contribution in [0.3, 0.4) is 0 Å². The van der Waals surface area contributed by atoms with Gasteiger partial charge in [0.05, 0.1) is 15.8 Å². The summed E-state index contributed by atoms with van der Waals surface area (Å²) in [6, 6.07) is 3.59. The largest absolute Gasteiger partial charge is 0.476 e. The Morgan fingerprint density at radius 1 is 1.40 bits per heavy atom. The van der Waals surface area contributed by atoms with Gasteiger partial charge >= 0.3 is 5.97 Å². The molecule has 0 atom stereocenters. The molecule has 8 heteroatoms. The molecule has 106 valence electrons. The number of hydrogen-bond donors (Lipinski definition) is 2. The highest BCUT2D eigenvalue weighted by atomic mass is 35.5. The van der Waals surface area contributed by atoms with Crippen molar-refractivity contribution in [3.63, 3.8) is 0 Å². The first-order valence-corrected chi connectivity index (χ1v) is 7.80. The van der Waals surface area contributed by atoms with Crippen molar-refractivity contribution in [2.24, 2.45) is 0 Å². The second-order valence-electron chi connectivity index (χ2n) is 3.91. The van der Waals surface area contributed by atoms with Crippen molar-refractivity contribution in [2.75, 3.05) is 6.54 Å². The van der Waals surface area contributed by atoms with Crippen molar-refractivity contribution in [1.82, 2.24) is 10.3 Å². The predicted octanol–water partition coefficient (Wildman–Crippen LogP) is 2.46. The van der Waals surface area contributed by atoms with E-state index in [1.807, 2.05) is 6.07 Å². The maximum Gasteiger partial charge on any atom is 0.355 e. The van der Waals surface area contributed by atoms with Gasteiger partial charge in [-0.15, -0.1) is 22.7 Å². The number of carboxylic acids is 1. The predicted molar refractivity (Wildman–Crippen MR) is 78.8 cm³/mol. The Bertz CT molecular complexity index is 624. The highest BCUT2D eigenvalue weighted by Crippen LogP contribution is 2.21. The van der Waals surface area contributed by atoms with Crippen LogP contribution < -0.4 is 5.32 Å². The smallest absolute Gasteiger partial charge is 0.355 e. The topological polar surface area (TPSA) is 79.3 Å². The fourth-order valence-corrected chi connectivity index (χ4v) is 3.36. The first-order valence-electron chi connectivity index (χ1n) is 5.73. The van der Waals surface area contributed by atoms with E-state index in [1.54, 1.807) is 6.07 Å². The Kier molecular flexibility index (Phi) is 5.11. The van der Waals surface area contributed by atoms with Crippen molar-refractivity contribution < 1.29 is 14.7 Å². The third-order valence-corrected chi connectivity index (χ3v) is 4.54. The molecular formula is C12H11ClN2O3S2. The lowest BCUT2D eigenvalue weighted by Crippen LogP contribution is -2.26. The molecule has 0 fully saturated rings. The summed E-state index contributed by atoms with van der Waals surface area (Å²) in [5.41, 5.74) is 0.0459. The molecule has 0 bridgehead atoms. The molecule has 2 aromatic heterocycles. The van der Waals surface area contributed by atoms with E-state index in [1.165, 1.54) is 28.1 Å². The summed E-state index contributed by atoms with van der Waals surface area (Å²) in [5.74, 6) is -1.12. The molecule has 2 rings (SSSR count). The third kappa shape index (κ3) is 4.29. The molecule has 0 aliphatic heterocycles. The first-order chi connectivity index (χ1) is 9.54. The summed E-state index contributed by atoms with van der Waals surface area (Å²) in [5, 5.41) is 13.7. The average Bonchev–Trinajstić information content (AvgIpc) is 2.99. The number of aromatic nitrogens is 1. The molecular weight excluding hydrogens is 320 g/mol. The number of carbonyl (C=O) groups is 2. The van der Waals surface area contributed by atoms with Crippen LogP contribution in [0.5, 0.6) is 0 Å². The molecule has 2 aromatic rings. The summed E-state index contributed by atoms with van der Waals surface area (Å²) >= 11 is 8.45. The Morgan fingerprint density at radius 3 is 2.80 bits per heavy atom. The number of nitrogens with one attached hydrogen (secondary N) is 1. The summed E-state index contributed by atoms with van der Waals surface area (Å²) in [4.78, 5) is 27.2. The standard InChI is InChI=1S/C12H11ClN2O3S2/c13-9-2-1-7(20-9)5-10(16)14-4-3-11-15-8(6-19-11)12(17)18/h1-2,6H,3-5H2,(H,14,16)(H,17,18). The van der Waals surface area contributed by atoms with Crippen LogP contribution in [0.4, 0.5) is 0 Å². The van der Waals surface area contributed by atoms with E-state index in [2.05, 4.69) is 10.3 Å². The Morgan fingerprint density at radius 2 is 2.20 bits per heavy atom. The number of hydrogen-bond acceptors (Lipinski definition) is 5. The van der Waals surface area contributed by atoms with Crippen LogP contribution in [0.1, 0.15) is 20.4 Å². The van der Waals surface area contributed by atoms with Gasteiger partial charge < -0.3 is 10.4 Å². The van der Waals surface area contributed by atoms with Gasteiger partial charge in [0, 0.05) is 23.2 Å². The van der Waals surface area contributed by atoms with Gasteiger partial charge in [-0.25, -0.2) is 9.78 Å². The maximum atomic E-state index is 11.7. The number of aromatic carboxylic acids is 1. The van der Waals surface area contributed by atoms with E-state index in [4.69, 9.17) is 16.7 Å². The van der Waals surface area contributed by atoms with Crippen LogP contribution in [-0.4, -0.2) is 28.5 Å². The number of thiazole rings is 1. The quantitative estimate of drug-likeness (QED) is 0.852. The number of rotatable bonds is 6. The van der Waals surface area contributed by atoms with Crippen LogP contribution in [0.15, 0.2) is 17.5 Å². The second-order valence-corrected chi connectivity index (χ2v) is 6.66. The molecule has 0 spiro atoms. The van der Waals surface area contributed by atoms with Crippen LogP contribution in [0.2, 0.25) is 4.34 Å². The zero-order chi connectivity index (χ0) is 14.5. The lowest BCUT2D eigenvalue weighted by atomic mass is 10.3. The molecule has 2 N–H and O–H groups in total. The SMILES string of the molecule is O=C(Cc1ccc(Cl)s1)NCCc1nc(C(=O)O)cs1. The Hall–Kier alpha value is -1.44. The molecule has 1 amide bonds. The average molecular weight is 331 g/mol. The molecule has 2 heterocycles. The second kappa shape index (κ2) is 6.83. The van der Waals surface area contributed by atoms with E-state index < -0.39 is 5.97 Å². The van der Waals surface area contributed by atoms with Gasteiger partial charge in [-0.05, 0) is 12.1 Å². The molecule has 5 nitrogen and oxygen atoms in total. The van der Waals surface area contributed by atoms with Crippen molar-refractivity contribution in [1.29, 1.82) is 0 Å². The van der Waals surface area contributed by atoms with Crippen molar-refractivity contribution in [3.05, 3.63) is 37.4 Å². The highest BCUT2D eigenvalue weighted by Gasteiger charge is 2.09. The van der Waals surface area contributed by atoms with E-state index >= 15 is 0 Å². The molecule has 0 saturated heterocycles. The molecule has 0 aliphatic carbocycles. The zero-order valence-electron chi connectivity index (χ0n) is 10.3. The molecule has 0 radical (unpaired) electrons. The minimum Gasteiger partial charge on any atom is -0.476 e. The monoisotopic (exact) mass is 330 g/mol. The van der Waals surface area contributed by atoms with E-state index in [-0.39, 0.29) is 11.6 Å². The molecule has 0 aliphatic rings. The van der Waals surface area contributed by atoms with Crippen LogP contribution in [0.25, 0.3) is 0 Å². The van der Waals surface area contributed by atoms with E-state index in [9.17, 15) is 9.59 Å². The van der Waals surface area contributed by atoms with E-state index in [0.717, 1.165) is 4.88 Å². The molecule has 0 unspecified atom stereocenters. The summed E-state index contributed by atoms with van der Waals surface area (Å²) in [6.45, 7) is 0.435. The van der Waals surface area contributed by atoms with Gasteiger partial charge in [0.2, 0.25) is 5.91 Å². The summed E-state index contributed by atoms with van der Waals surface area (Å²) in [6.07, 6.45) is 0.824. The van der Waals surface area contributed by atoms with Gasteiger partial charge in [0.25, 0.3) is 0 Å². The van der Waals surface area contributed by atoms with E-state index in [0.29, 0.717) is 28.7 Å². The Balaban J connectivity index is 1.74. The minimum atomic E-state index is -1.04. The molecule has 0 aromatic carbocycles. The number of halogens is 1. The zero-order valence-corrected chi connectivity index (χ0v) is 12.6. The van der Waals surface area contributed by atoms with Crippen molar-refractivity contribution >= 4 is 46.2 Å². The fourth-order valence-electron chi connectivity index (χ4n) is 1.50. The number of nitrogens with zero attached hydrogens (tertiary/aromatic N) is 1. The normalized spacial score (nSPS) is 10.4. The lowest BCUT2D eigenvalue weighted by molar-refractivity contribution is -0.120. The van der Waals surface area contributed by atoms with Crippen LogP contribution in [0, 0.1) is 0 Å². The van der Waals surface area contributed by atoms with Gasteiger partial charge in [-0.3, -0.25) is 4.79 Å². The molecule has 0 saturated carbocycles. The van der Waals surface area contributed by atoms with Crippen LogP contribution in [-0.2, 0) is 17.6 Å². The third-order valence-electron chi connectivity index (χ3n) is 2.40. The van der Waals surface area contributed by atoms with Gasteiger partial charge in [0.15, 0.2) is 5.69 Å². The van der Waals surface area contributed by atoms with Gasteiger partial charge in [-0.2, -0.15) is 0 Å².